The molecule has 3 saturated carbocycles. The van der Waals surface area contributed by atoms with Crippen LogP contribution in [0.2, 0.25) is 0 Å². The predicted octanol–water partition coefficient (Wildman–Crippen LogP) is 1.38. The molecule has 92 valence electrons. The third-order valence-electron chi connectivity index (χ3n) is 4.11. The lowest BCUT2D eigenvalue weighted by atomic mass is 9.46. The highest BCUT2D eigenvalue weighted by atomic mass is 79.9. The molecule has 1 aromatic rings. The summed E-state index contributed by atoms with van der Waals surface area (Å²) in [7, 11) is 1.73. The third kappa shape index (κ3) is 1.39. The Labute approximate surface area is 107 Å². The van der Waals surface area contributed by atoms with Crippen LogP contribution in [0.5, 0.6) is 0 Å². The van der Waals surface area contributed by atoms with Gasteiger partial charge in [0, 0.05) is 32.6 Å². The van der Waals surface area contributed by atoms with Crippen molar-refractivity contribution in [3.8, 4) is 0 Å². The molecule has 4 rings (SSSR count). The second-order valence-corrected chi connectivity index (χ2v) is 6.03. The summed E-state index contributed by atoms with van der Waals surface area (Å²) in [4.78, 5) is 12.1. The van der Waals surface area contributed by atoms with E-state index in [9.17, 15) is 9.90 Å². The Hall–Kier alpha value is -0.650. The molecule has 0 unspecified atom stereocenters. The van der Waals surface area contributed by atoms with Crippen molar-refractivity contribution >= 4 is 15.9 Å². The smallest absolute Gasteiger partial charge is 0.265 e. The van der Waals surface area contributed by atoms with Gasteiger partial charge in [0.05, 0.1) is 22.2 Å². The fourth-order valence-electron chi connectivity index (χ4n) is 3.16. The van der Waals surface area contributed by atoms with Crippen molar-refractivity contribution in [3.05, 3.63) is 32.7 Å². The average molecular weight is 300 g/mol. The van der Waals surface area contributed by atoms with Gasteiger partial charge in [-0.3, -0.25) is 4.79 Å². The molecule has 1 heterocycles. The normalized spacial score (nSPS) is 34.1. The van der Waals surface area contributed by atoms with Gasteiger partial charge in [-0.05, 0) is 27.6 Å². The second kappa shape index (κ2) is 3.43. The van der Waals surface area contributed by atoms with Crippen molar-refractivity contribution in [1.82, 2.24) is 4.57 Å². The van der Waals surface area contributed by atoms with Crippen LogP contribution in [-0.2, 0) is 16.9 Å². The van der Waals surface area contributed by atoms with Gasteiger partial charge in [-0.15, -0.1) is 0 Å². The molecular formula is C12H14BrNO3. The number of nitrogens with zero attached hydrogens (tertiary/aromatic N) is 1. The van der Waals surface area contributed by atoms with Crippen LogP contribution in [0.3, 0.4) is 0 Å². The van der Waals surface area contributed by atoms with Crippen LogP contribution in [0.25, 0.3) is 0 Å². The summed E-state index contributed by atoms with van der Waals surface area (Å²) in [5, 5.41) is 9.18. The molecule has 3 aliphatic carbocycles. The zero-order chi connectivity index (χ0) is 12.3. The molecule has 5 heteroatoms. The van der Waals surface area contributed by atoms with Crippen LogP contribution in [0.15, 0.2) is 21.5 Å². The van der Waals surface area contributed by atoms with Gasteiger partial charge in [-0.2, -0.15) is 0 Å². The molecular weight excluding hydrogens is 286 g/mol. The minimum Gasteiger partial charge on any atom is -0.392 e. The van der Waals surface area contributed by atoms with Crippen molar-refractivity contribution in [2.45, 2.75) is 37.0 Å². The number of ether oxygens (including phenoxy) is 1. The lowest BCUT2D eigenvalue weighted by molar-refractivity contribution is -0.262. The number of methoxy groups -OCH3 is 1. The van der Waals surface area contributed by atoms with E-state index in [1.807, 2.05) is 0 Å². The molecule has 0 aromatic carbocycles. The molecule has 0 amide bonds. The molecule has 2 bridgehead atoms. The summed E-state index contributed by atoms with van der Waals surface area (Å²) in [6.45, 7) is -0.0512. The molecule has 1 aromatic heterocycles. The summed E-state index contributed by atoms with van der Waals surface area (Å²) in [6, 6.07) is 1.68. The highest BCUT2D eigenvalue weighted by Crippen LogP contribution is 2.66. The number of rotatable bonds is 3. The van der Waals surface area contributed by atoms with Gasteiger partial charge in [0.25, 0.3) is 5.56 Å². The maximum Gasteiger partial charge on any atom is 0.265 e. The Balaban J connectivity index is 2.00. The minimum absolute atomic E-state index is 0.0150. The van der Waals surface area contributed by atoms with Crippen molar-refractivity contribution in [2.75, 3.05) is 7.11 Å². The Bertz CT molecular complexity index is 517. The lowest BCUT2D eigenvalue weighted by Gasteiger charge is -2.69. The van der Waals surface area contributed by atoms with Gasteiger partial charge >= 0.3 is 0 Å². The zero-order valence-electron chi connectivity index (χ0n) is 9.57. The first kappa shape index (κ1) is 11.4. The van der Waals surface area contributed by atoms with Crippen molar-refractivity contribution in [2.24, 2.45) is 0 Å². The van der Waals surface area contributed by atoms with Gasteiger partial charge < -0.3 is 14.4 Å². The standard InChI is InChI=1S/C12H14BrNO3/c1-17-12-5-11(6-12,7-12)14-3-8(4-15)2-9(13)10(14)16/h2-3,15H,4-7H2,1H3. The number of aliphatic hydroxyl groups excluding tert-OH is 1. The van der Waals surface area contributed by atoms with Crippen LogP contribution in [-0.4, -0.2) is 22.4 Å². The van der Waals surface area contributed by atoms with E-state index in [1.54, 1.807) is 23.9 Å². The number of halogens is 1. The molecule has 3 fully saturated rings. The minimum atomic E-state index is -0.0687. The highest BCUT2D eigenvalue weighted by molar-refractivity contribution is 9.10. The van der Waals surface area contributed by atoms with Crippen LogP contribution in [0, 0.1) is 0 Å². The SMILES string of the molecule is COC12CC(n3cc(CO)cc(Br)c3=O)(C1)C2. The van der Waals surface area contributed by atoms with Gasteiger partial charge in [-0.25, -0.2) is 0 Å². The van der Waals surface area contributed by atoms with E-state index in [0.717, 1.165) is 24.8 Å². The first-order valence-electron chi connectivity index (χ1n) is 5.62. The predicted molar refractivity (Wildman–Crippen MR) is 65.9 cm³/mol. The summed E-state index contributed by atoms with van der Waals surface area (Å²) < 4.78 is 7.72. The van der Waals surface area contributed by atoms with Crippen LogP contribution in [0.1, 0.15) is 24.8 Å². The summed E-state index contributed by atoms with van der Waals surface area (Å²) >= 11 is 3.26. The Morgan fingerprint density at radius 3 is 2.71 bits per heavy atom. The van der Waals surface area contributed by atoms with E-state index in [4.69, 9.17) is 4.74 Å². The largest absolute Gasteiger partial charge is 0.392 e. The second-order valence-electron chi connectivity index (χ2n) is 5.17. The Kier molecular flexibility index (Phi) is 2.31. The van der Waals surface area contributed by atoms with Gasteiger partial charge in [0.2, 0.25) is 0 Å². The third-order valence-corrected chi connectivity index (χ3v) is 4.68. The molecule has 3 aliphatic rings. The summed E-state index contributed by atoms with van der Waals surface area (Å²) in [6.07, 6.45) is 4.47. The van der Waals surface area contributed by atoms with Crippen molar-refractivity contribution < 1.29 is 9.84 Å². The molecule has 0 radical (unpaired) electrons. The fourth-order valence-corrected chi connectivity index (χ4v) is 3.64. The van der Waals surface area contributed by atoms with Crippen LogP contribution in [0.4, 0.5) is 0 Å². The highest BCUT2D eigenvalue weighted by Gasteiger charge is 2.70. The Morgan fingerprint density at radius 2 is 2.18 bits per heavy atom. The number of pyridine rings is 1. The maximum atomic E-state index is 12.1. The molecule has 17 heavy (non-hydrogen) atoms. The van der Waals surface area contributed by atoms with Gasteiger partial charge in [0.15, 0.2) is 0 Å². The van der Waals surface area contributed by atoms with E-state index in [0.29, 0.717) is 4.47 Å². The lowest BCUT2D eigenvalue weighted by Crippen LogP contribution is -2.74. The maximum absolute atomic E-state index is 12.1. The van der Waals surface area contributed by atoms with E-state index >= 15 is 0 Å². The summed E-state index contributed by atoms with van der Waals surface area (Å²) in [5.74, 6) is 0. The first-order valence-corrected chi connectivity index (χ1v) is 6.41. The number of hydrogen-bond donors (Lipinski definition) is 1. The zero-order valence-corrected chi connectivity index (χ0v) is 11.2. The van der Waals surface area contributed by atoms with Crippen LogP contribution < -0.4 is 5.56 Å². The van der Waals surface area contributed by atoms with E-state index < -0.39 is 0 Å². The Morgan fingerprint density at radius 1 is 1.53 bits per heavy atom. The van der Waals surface area contributed by atoms with Crippen LogP contribution >= 0.6 is 15.9 Å². The molecule has 4 nitrogen and oxygen atoms in total. The average Bonchev–Trinajstić information content (AvgIpc) is 2.20. The molecule has 0 saturated heterocycles. The molecule has 0 aliphatic heterocycles. The topological polar surface area (TPSA) is 51.5 Å². The molecule has 0 atom stereocenters. The van der Waals surface area contributed by atoms with Gasteiger partial charge in [0.1, 0.15) is 0 Å². The van der Waals surface area contributed by atoms with E-state index in [-0.39, 0.29) is 23.3 Å². The molecule has 1 N–H and O–H groups in total. The van der Waals surface area contributed by atoms with Crippen molar-refractivity contribution in [3.63, 3.8) is 0 Å². The van der Waals surface area contributed by atoms with E-state index in [1.165, 1.54) is 0 Å². The number of aliphatic hydroxyl groups is 1. The first-order chi connectivity index (χ1) is 8.04. The van der Waals surface area contributed by atoms with Gasteiger partial charge in [-0.1, -0.05) is 0 Å². The number of aromatic nitrogens is 1. The monoisotopic (exact) mass is 299 g/mol. The quantitative estimate of drug-likeness (QED) is 0.917. The number of hydrogen-bond acceptors (Lipinski definition) is 3. The van der Waals surface area contributed by atoms with Crippen molar-refractivity contribution in [1.29, 1.82) is 0 Å². The van der Waals surface area contributed by atoms with E-state index in [2.05, 4.69) is 15.9 Å². The fraction of sp³-hybridized carbons (Fsp3) is 0.583. The molecule has 0 spiro atoms. The summed E-state index contributed by atoms with van der Waals surface area (Å²) in [5.41, 5.74) is 0.682.